The number of rotatable bonds is 4. The van der Waals surface area contributed by atoms with E-state index in [-0.39, 0.29) is 0 Å². The third-order valence-corrected chi connectivity index (χ3v) is 3.73. The molecule has 0 radical (unpaired) electrons. The summed E-state index contributed by atoms with van der Waals surface area (Å²) in [7, 11) is 1.92. The van der Waals surface area contributed by atoms with Crippen LogP contribution in [0.4, 0.5) is 0 Å². The van der Waals surface area contributed by atoms with Crippen LogP contribution in [-0.4, -0.2) is 53.5 Å². The first-order valence-electron chi connectivity index (χ1n) is 6.89. The number of hydrogen-bond donors (Lipinski definition) is 1. The van der Waals surface area contributed by atoms with Gasteiger partial charge in [0.05, 0.1) is 24.5 Å². The van der Waals surface area contributed by atoms with Crippen LogP contribution in [0, 0.1) is 0 Å². The topological polar surface area (TPSA) is 72.0 Å². The molecule has 0 amide bonds. The summed E-state index contributed by atoms with van der Waals surface area (Å²) < 4.78 is 3.51. The summed E-state index contributed by atoms with van der Waals surface area (Å²) in [5.74, 6) is 0. The van der Waals surface area contributed by atoms with Gasteiger partial charge in [0, 0.05) is 38.1 Å². The molecule has 20 heavy (non-hydrogen) atoms. The van der Waals surface area contributed by atoms with Gasteiger partial charge in [0.25, 0.3) is 0 Å². The average Bonchev–Trinajstić information content (AvgIpc) is 3.01. The molecule has 1 unspecified atom stereocenters. The van der Waals surface area contributed by atoms with E-state index in [1.807, 2.05) is 19.4 Å². The highest BCUT2D eigenvalue weighted by molar-refractivity contribution is 5.04. The van der Waals surface area contributed by atoms with Gasteiger partial charge in [0.15, 0.2) is 0 Å². The molecule has 0 spiro atoms. The molecule has 1 aliphatic rings. The van der Waals surface area contributed by atoms with Gasteiger partial charge < -0.3 is 5.11 Å². The number of piperidine rings is 1. The lowest BCUT2D eigenvalue weighted by Gasteiger charge is -2.38. The minimum absolute atomic E-state index is 0.497. The second kappa shape index (κ2) is 5.34. The van der Waals surface area contributed by atoms with Gasteiger partial charge in [-0.1, -0.05) is 5.21 Å². The van der Waals surface area contributed by atoms with E-state index in [0.29, 0.717) is 13.1 Å². The van der Waals surface area contributed by atoms with Crippen molar-refractivity contribution in [3.8, 4) is 0 Å². The number of aliphatic hydroxyl groups is 1. The molecule has 1 saturated heterocycles. The summed E-state index contributed by atoms with van der Waals surface area (Å²) in [5.41, 5.74) is 0.450. The van der Waals surface area contributed by atoms with Gasteiger partial charge in [-0.05, 0) is 19.4 Å². The van der Waals surface area contributed by atoms with Crippen LogP contribution >= 0.6 is 0 Å². The van der Waals surface area contributed by atoms with Gasteiger partial charge in [-0.3, -0.25) is 9.58 Å². The van der Waals surface area contributed by atoms with Crippen LogP contribution in [0.1, 0.15) is 18.4 Å². The summed E-state index contributed by atoms with van der Waals surface area (Å²) in [5, 5.41) is 22.7. The highest BCUT2D eigenvalue weighted by Crippen LogP contribution is 2.24. The molecule has 1 N–H and O–H groups in total. The first-order valence-corrected chi connectivity index (χ1v) is 6.89. The maximum absolute atomic E-state index is 10.7. The number of likely N-dealkylation sites (tertiary alicyclic amines) is 1. The van der Waals surface area contributed by atoms with Gasteiger partial charge in [0.2, 0.25) is 0 Å². The molecule has 0 aliphatic carbocycles. The Morgan fingerprint density at radius 3 is 3.05 bits per heavy atom. The van der Waals surface area contributed by atoms with Gasteiger partial charge in [-0.25, -0.2) is 4.68 Å². The van der Waals surface area contributed by atoms with Crippen molar-refractivity contribution in [2.24, 2.45) is 7.05 Å². The van der Waals surface area contributed by atoms with Gasteiger partial charge in [-0.2, -0.15) is 5.10 Å². The van der Waals surface area contributed by atoms with Gasteiger partial charge >= 0.3 is 0 Å². The second-order valence-corrected chi connectivity index (χ2v) is 5.66. The fourth-order valence-corrected chi connectivity index (χ4v) is 2.90. The van der Waals surface area contributed by atoms with Crippen LogP contribution in [0.15, 0.2) is 24.8 Å². The third-order valence-electron chi connectivity index (χ3n) is 3.73. The quantitative estimate of drug-likeness (QED) is 0.853. The van der Waals surface area contributed by atoms with Crippen LogP contribution in [0.25, 0.3) is 0 Å². The molecule has 7 heteroatoms. The molecule has 3 heterocycles. The molecular formula is C13H20N6O. The van der Waals surface area contributed by atoms with E-state index in [0.717, 1.165) is 25.9 Å². The van der Waals surface area contributed by atoms with Crippen molar-refractivity contribution < 1.29 is 5.11 Å². The Morgan fingerprint density at radius 1 is 1.45 bits per heavy atom. The van der Waals surface area contributed by atoms with Crippen molar-refractivity contribution in [1.29, 1.82) is 0 Å². The van der Waals surface area contributed by atoms with Crippen molar-refractivity contribution in [2.75, 3.05) is 13.1 Å². The molecule has 0 bridgehead atoms. The van der Waals surface area contributed by atoms with Crippen molar-refractivity contribution in [1.82, 2.24) is 29.7 Å². The van der Waals surface area contributed by atoms with Crippen LogP contribution in [0.2, 0.25) is 0 Å². The standard InChI is InChI=1S/C13H20N6O/c1-17-8-12(7-15-17)9-18-5-2-3-13(20,10-18)11-19-6-4-14-16-19/h4,6-8,20H,2-3,5,9-11H2,1H3. The van der Waals surface area contributed by atoms with E-state index >= 15 is 0 Å². The molecule has 0 saturated carbocycles. The minimum atomic E-state index is -0.728. The number of aryl methyl sites for hydroxylation is 1. The van der Waals surface area contributed by atoms with Crippen LogP contribution in [-0.2, 0) is 20.1 Å². The second-order valence-electron chi connectivity index (χ2n) is 5.66. The van der Waals surface area contributed by atoms with Gasteiger partial charge in [0.1, 0.15) is 0 Å². The molecule has 2 aromatic heterocycles. The van der Waals surface area contributed by atoms with Crippen LogP contribution in [0.5, 0.6) is 0 Å². The normalized spacial score (nSPS) is 24.1. The molecule has 1 aliphatic heterocycles. The highest BCUT2D eigenvalue weighted by Gasteiger charge is 2.34. The molecule has 108 valence electrons. The largest absolute Gasteiger partial charge is 0.387 e. The van der Waals surface area contributed by atoms with E-state index in [9.17, 15) is 5.11 Å². The Kier molecular flexibility index (Phi) is 3.54. The fraction of sp³-hybridized carbons (Fsp3) is 0.615. The molecule has 0 aromatic carbocycles. The number of hydrogen-bond acceptors (Lipinski definition) is 5. The van der Waals surface area contributed by atoms with E-state index in [2.05, 4.69) is 20.3 Å². The Morgan fingerprint density at radius 2 is 2.35 bits per heavy atom. The average molecular weight is 276 g/mol. The zero-order valence-corrected chi connectivity index (χ0v) is 11.7. The first kappa shape index (κ1) is 13.3. The summed E-state index contributed by atoms with van der Waals surface area (Å²) in [6.45, 7) is 2.99. The SMILES string of the molecule is Cn1cc(CN2CCCC(O)(Cn3ccnn3)C2)cn1. The number of aromatic nitrogens is 5. The number of nitrogens with zero attached hydrogens (tertiary/aromatic N) is 6. The third kappa shape index (κ3) is 3.05. The molecule has 1 fully saturated rings. The van der Waals surface area contributed by atoms with Crippen LogP contribution < -0.4 is 0 Å². The van der Waals surface area contributed by atoms with Gasteiger partial charge in [-0.15, -0.1) is 5.10 Å². The zero-order chi connectivity index (χ0) is 14.0. The predicted molar refractivity (Wildman–Crippen MR) is 72.7 cm³/mol. The summed E-state index contributed by atoms with van der Waals surface area (Å²) in [6.07, 6.45) is 9.12. The lowest BCUT2D eigenvalue weighted by molar-refractivity contribution is -0.0478. The monoisotopic (exact) mass is 276 g/mol. The fourth-order valence-electron chi connectivity index (χ4n) is 2.90. The first-order chi connectivity index (χ1) is 9.63. The summed E-state index contributed by atoms with van der Waals surface area (Å²) in [6, 6.07) is 0. The van der Waals surface area contributed by atoms with E-state index in [4.69, 9.17) is 0 Å². The molecule has 1 atom stereocenters. The Labute approximate surface area is 117 Å². The Bertz CT molecular complexity index is 551. The van der Waals surface area contributed by atoms with Crippen molar-refractivity contribution in [3.05, 3.63) is 30.4 Å². The van der Waals surface area contributed by atoms with Crippen LogP contribution in [0.3, 0.4) is 0 Å². The summed E-state index contributed by atoms with van der Waals surface area (Å²) in [4.78, 5) is 2.28. The van der Waals surface area contributed by atoms with E-state index < -0.39 is 5.60 Å². The molecular weight excluding hydrogens is 256 g/mol. The Hall–Kier alpha value is -1.73. The predicted octanol–water partition coefficient (Wildman–Crippen LogP) is 0.0387. The van der Waals surface area contributed by atoms with E-state index in [1.54, 1.807) is 21.8 Å². The lowest BCUT2D eigenvalue weighted by atomic mass is 9.92. The number of β-amino-alcohol motifs (C(OH)–C–C–N with tert-alkyl or cyclic N) is 1. The maximum Gasteiger partial charge on any atom is 0.0970 e. The zero-order valence-electron chi connectivity index (χ0n) is 11.7. The summed E-state index contributed by atoms with van der Waals surface area (Å²) >= 11 is 0. The molecule has 7 nitrogen and oxygen atoms in total. The minimum Gasteiger partial charge on any atom is -0.387 e. The lowest BCUT2D eigenvalue weighted by Crippen LogP contribution is -2.50. The van der Waals surface area contributed by atoms with Crippen molar-refractivity contribution in [2.45, 2.75) is 31.5 Å². The maximum atomic E-state index is 10.7. The Balaban J connectivity index is 1.63. The van der Waals surface area contributed by atoms with E-state index in [1.165, 1.54) is 5.56 Å². The smallest absolute Gasteiger partial charge is 0.0970 e. The molecule has 3 rings (SSSR count). The molecule has 2 aromatic rings. The van der Waals surface area contributed by atoms with Crippen molar-refractivity contribution in [3.63, 3.8) is 0 Å². The van der Waals surface area contributed by atoms with Crippen molar-refractivity contribution >= 4 is 0 Å². The highest BCUT2D eigenvalue weighted by atomic mass is 16.3.